The van der Waals surface area contributed by atoms with Crippen LogP contribution in [-0.2, 0) is 11.2 Å². The summed E-state index contributed by atoms with van der Waals surface area (Å²) < 4.78 is 11.6. The summed E-state index contributed by atoms with van der Waals surface area (Å²) in [5.41, 5.74) is 5.36. The molecule has 4 aromatic rings. The molecule has 0 radical (unpaired) electrons. The van der Waals surface area contributed by atoms with E-state index in [1.54, 1.807) is 0 Å². The first-order valence-electron chi connectivity index (χ1n) is 12.9. The zero-order valence-corrected chi connectivity index (χ0v) is 22.5. The van der Waals surface area contributed by atoms with E-state index in [1.807, 2.05) is 80.6 Å². The van der Waals surface area contributed by atoms with Crippen LogP contribution in [0.5, 0.6) is 5.75 Å². The van der Waals surface area contributed by atoms with Gasteiger partial charge in [0.25, 0.3) is 5.91 Å². The van der Waals surface area contributed by atoms with Gasteiger partial charge in [0.1, 0.15) is 11.3 Å². The van der Waals surface area contributed by atoms with E-state index in [2.05, 4.69) is 10.2 Å². The molecule has 7 heteroatoms. The van der Waals surface area contributed by atoms with Crippen LogP contribution in [0.2, 0.25) is 0 Å². The summed E-state index contributed by atoms with van der Waals surface area (Å²) in [5.74, 6) is 0.266. The van der Waals surface area contributed by atoms with Crippen molar-refractivity contribution in [2.45, 2.75) is 39.5 Å². The number of amides is 1. The SMILES string of the molecule is Cc1c(Cc2ccccc2)c(=O)oc2c(C)c(OCC(=O)Nc3ccc(N4CCCCC4)cc3)ccc12.[Cl-]. The molecule has 198 valence electrons. The number of fused-ring (bicyclic) bond motifs is 1. The molecular formula is C31H32ClN2O4-. The number of hydrogen-bond acceptors (Lipinski definition) is 5. The maximum atomic E-state index is 12.8. The van der Waals surface area contributed by atoms with Crippen LogP contribution in [0.25, 0.3) is 11.0 Å². The minimum atomic E-state index is -0.347. The highest BCUT2D eigenvalue weighted by molar-refractivity contribution is 5.92. The Morgan fingerprint density at radius 2 is 1.63 bits per heavy atom. The largest absolute Gasteiger partial charge is 1.00 e. The summed E-state index contributed by atoms with van der Waals surface area (Å²) >= 11 is 0. The number of rotatable bonds is 7. The number of benzene rings is 3. The van der Waals surface area contributed by atoms with Gasteiger partial charge in [-0.3, -0.25) is 4.79 Å². The molecule has 1 amide bonds. The van der Waals surface area contributed by atoms with Crippen molar-refractivity contribution in [2.24, 2.45) is 0 Å². The third-order valence-corrected chi connectivity index (χ3v) is 7.11. The van der Waals surface area contributed by atoms with E-state index in [4.69, 9.17) is 9.15 Å². The number of nitrogens with one attached hydrogen (secondary N) is 1. The van der Waals surface area contributed by atoms with Crippen LogP contribution in [0.1, 0.15) is 41.5 Å². The number of hydrogen-bond donors (Lipinski definition) is 1. The fraction of sp³-hybridized carbons (Fsp3) is 0.290. The molecule has 0 saturated carbocycles. The van der Waals surface area contributed by atoms with Gasteiger partial charge >= 0.3 is 5.63 Å². The molecule has 38 heavy (non-hydrogen) atoms. The minimum absolute atomic E-state index is 0. The number of aryl methyl sites for hydroxylation is 2. The minimum Gasteiger partial charge on any atom is -1.00 e. The monoisotopic (exact) mass is 531 g/mol. The van der Waals surface area contributed by atoms with Crippen molar-refractivity contribution >= 4 is 28.3 Å². The van der Waals surface area contributed by atoms with Gasteiger partial charge in [-0.15, -0.1) is 0 Å². The average molecular weight is 532 g/mol. The van der Waals surface area contributed by atoms with Crippen molar-refractivity contribution in [3.8, 4) is 5.75 Å². The molecule has 6 nitrogen and oxygen atoms in total. The van der Waals surface area contributed by atoms with Gasteiger partial charge in [0.15, 0.2) is 6.61 Å². The van der Waals surface area contributed by atoms with E-state index >= 15 is 0 Å². The molecule has 1 fully saturated rings. The fourth-order valence-corrected chi connectivity index (χ4v) is 4.98. The van der Waals surface area contributed by atoms with Crippen LogP contribution in [0, 0.1) is 13.8 Å². The van der Waals surface area contributed by atoms with Gasteiger partial charge in [-0.1, -0.05) is 30.3 Å². The van der Waals surface area contributed by atoms with E-state index in [9.17, 15) is 9.59 Å². The molecule has 0 aliphatic carbocycles. The highest BCUT2D eigenvalue weighted by Gasteiger charge is 2.16. The summed E-state index contributed by atoms with van der Waals surface area (Å²) in [6.07, 6.45) is 4.26. The molecule has 1 saturated heterocycles. The number of ether oxygens (including phenoxy) is 1. The summed E-state index contributed by atoms with van der Waals surface area (Å²) in [4.78, 5) is 27.8. The van der Waals surface area contributed by atoms with Gasteiger partial charge in [0.2, 0.25) is 0 Å². The van der Waals surface area contributed by atoms with Crippen LogP contribution in [0.15, 0.2) is 75.9 Å². The van der Waals surface area contributed by atoms with E-state index in [0.717, 1.165) is 35.3 Å². The third-order valence-electron chi connectivity index (χ3n) is 7.11. The molecular weight excluding hydrogens is 500 g/mol. The second kappa shape index (κ2) is 12.2. The molecule has 1 aliphatic rings. The molecule has 0 unspecified atom stereocenters. The zero-order valence-electron chi connectivity index (χ0n) is 21.8. The lowest BCUT2D eigenvalue weighted by molar-refractivity contribution is -0.118. The van der Waals surface area contributed by atoms with Crippen molar-refractivity contribution in [3.63, 3.8) is 0 Å². The summed E-state index contributed by atoms with van der Waals surface area (Å²) in [7, 11) is 0. The number of carbonyl (C=O) groups excluding carboxylic acids is 1. The molecule has 2 heterocycles. The summed E-state index contributed by atoms with van der Waals surface area (Å²) in [6.45, 7) is 5.81. The highest BCUT2D eigenvalue weighted by atomic mass is 35.5. The Labute approximate surface area is 229 Å². The normalized spacial score (nSPS) is 13.2. The van der Waals surface area contributed by atoms with Gasteiger partial charge in [0, 0.05) is 47.4 Å². The highest BCUT2D eigenvalue weighted by Crippen LogP contribution is 2.30. The molecule has 0 bridgehead atoms. The first kappa shape index (κ1) is 27.3. The predicted molar refractivity (Wildman–Crippen MR) is 148 cm³/mol. The van der Waals surface area contributed by atoms with Crippen LogP contribution in [-0.4, -0.2) is 25.6 Å². The second-order valence-electron chi connectivity index (χ2n) is 9.65. The Morgan fingerprint density at radius 1 is 0.921 bits per heavy atom. The van der Waals surface area contributed by atoms with Crippen molar-refractivity contribution in [3.05, 3.63) is 99.4 Å². The third kappa shape index (κ3) is 6.03. The Balaban J connectivity index is 0.00000336. The molecule has 0 atom stereocenters. The number of halogens is 1. The van der Waals surface area contributed by atoms with Gasteiger partial charge < -0.3 is 31.8 Å². The first-order chi connectivity index (χ1) is 18.0. The van der Waals surface area contributed by atoms with E-state index in [0.29, 0.717) is 28.9 Å². The summed E-state index contributed by atoms with van der Waals surface area (Å²) in [5, 5.41) is 3.76. The topological polar surface area (TPSA) is 71.8 Å². The number of anilines is 2. The first-order valence-corrected chi connectivity index (χ1v) is 12.9. The number of nitrogens with zero attached hydrogens (tertiary/aromatic N) is 1. The van der Waals surface area contributed by atoms with Crippen LogP contribution >= 0.6 is 0 Å². The van der Waals surface area contributed by atoms with Crippen LogP contribution < -0.4 is 33.0 Å². The van der Waals surface area contributed by atoms with Crippen LogP contribution in [0.3, 0.4) is 0 Å². The van der Waals surface area contributed by atoms with Crippen molar-refractivity contribution in [1.29, 1.82) is 0 Å². The smallest absolute Gasteiger partial charge is 0.340 e. The van der Waals surface area contributed by atoms with E-state index < -0.39 is 0 Å². The molecule has 1 aliphatic heterocycles. The Bertz CT molecular complexity index is 1460. The maximum Gasteiger partial charge on any atom is 0.340 e. The van der Waals surface area contributed by atoms with Crippen LogP contribution in [0.4, 0.5) is 11.4 Å². The van der Waals surface area contributed by atoms with Crippen molar-refractivity contribution < 1.29 is 26.4 Å². The predicted octanol–water partition coefficient (Wildman–Crippen LogP) is 3.01. The second-order valence-corrected chi connectivity index (χ2v) is 9.65. The lowest BCUT2D eigenvalue weighted by atomic mass is 9.98. The fourth-order valence-electron chi connectivity index (χ4n) is 4.98. The lowest BCUT2D eigenvalue weighted by Crippen LogP contribution is -3.00. The van der Waals surface area contributed by atoms with Gasteiger partial charge in [0.05, 0.1) is 0 Å². The molecule has 5 rings (SSSR count). The average Bonchev–Trinajstić information content (AvgIpc) is 2.92. The zero-order chi connectivity index (χ0) is 25.8. The molecule has 0 spiro atoms. The maximum absolute atomic E-state index is 12.8. The number of piperidine rings is 1. The van der Waals surface area contributed by atoms with E-state index in [-0.39, 0.29) is 30.5 Å². The van der Waals surface area contributed by atoms with Gasteiger partial charge in [-0.25, -0.2) is 4.79 Å². The molecule has 1 aromatic heterocycles. The molecule has 3 aromatic carbocycles. The Kier molecular flexibility index (Phi) is 8.74. The Morgan fingerprint density at radius 3 is 2.34 bits per heavy atom. The van der Waals surface area contributed by atoms with Gasteiger partial charge in [-0.05, 0) is 80.6 Å². The lowest BCUT2D eigenvalue weighted by Gasteiger charge is -2.28. The molecule has 1 N–H and O–H groups in total. The van der Waals surface area contributed by atoms with Crippen molar-refractivity contribution in [1.82, 2.24) is 0 Å². The summed E-state index contributed by atoms with van der Waals surface area (Å²) in [6, 6.07) is 21.5. The quantitative estimate of drug-likeness (QED) is 0.371. The standard InChI is InChI=1S/C31H32N2O4.ClH/c1-21-26-15-16-28(22(2)30(26)37-31(35)27(21)19-23-9-5-3-6-10-23)36-20-29(34)32-24-11-13-25(14-12-24)33-17-7-4-8-18-33;/h3,5-6,9-16H,4,7-8,17-20H2,1-2H3,(H,32,34);1H/p-1. The Hall–Kier alpha value is -3.77. The van der Waals surface area contributed by atoms with Gasteiger partial charge in [-0.2, -0.15) is 0 Å². The van der Waals surface area contributed by atoms with E-state index in [1.165, 1.54) is 24.9 Å². The van der Waals surface area contributed by atoms with Crippen molar-refractivity contribution in [2.75, 3.05) is 29.9 Å². The number of carbonyl (C=O) groups is 1.